The number of nitrogens with one attached hydrogen (secondary N) is 2. The monoisotopic (exact) mass is 412 g/mol. The van der Waals surface area contributed by atoms with E-state index in [4.69, 9.17) is 4.74 Å². The van der Waals surface area contributed by atoms with Gasteiger partial charge in [-0.1, -0.05) is 6.92 Å². The Morgan fingerprint density at radius 2 is 2.14 bits per heavy atom. The third-order valence-electron chi connectivity index (χ3n) is 3.61. The SMILES string of the molecule is CCC(CCNC(=NC)NCCOC)N1CCCC1=O.I. The van der Waals surface area contributed by atoms with Crippen molar-refractivity contribution in [1.29, 1.82) is 0 Å². The van der Waals surface area contributed by atoms with Crippen LogP contribution < -0.4 is 10.6 Å². The maximum atomic E-state index is 11.8. The fourth-order valence-corrected chi connectivity index (χ4v) is 2.48. The molecule has 2 N–H and O–H groups in total. The quantitative estimate of drug-likeness (QED) is 0.272. The van der Waals surface area contributed by atoms with Crippen LogP contribution in [0.15, 0.2) is 4.99 Å². The van der Waals surface area contributed by atoms with E-state index in [0.717, 1.165) is 44.9 Å². The average Bonchev–Trinajstić information content (AvgIpc) is 2.88. The van der Waals surface area contributed by atoms with Crippen LogP contribution in [0.5, 0.6) is 0 Å². The Morgan fingerprint density at radius 1 is 1.43 bits per heavy atom. The zero-order valence-corrected chi connectivity index (χ0v) is 15.7. The van der Waals surface area contributed by atoms with Crippen molar-refractivity contribution in [1.82, 2.24) is 15.5 Å². The van der Waals surface area contributed by atoms with Crippen molar-refractivity contribution in [2.45, 2.75) is 38.6 Å². The number of halogens is 1. The summed E-state index contributed by atoms with van der Waals surface area (Å²) < 4.78 is 4.99. The predicted molar refractivity (Wildman–Crippen MR) is 96.3 cm³/mol. The average molecular weight is 412 g/mol. The van der Waals surface area contributed by atoms with Gasteiger partial charge in [-0.2, -0.15) is 0 Å². The first-order valence-corrected chi connectivity index (χ1v) is 7.45. The zero-order chi connectivity index (χ0) is 14.8. The van der Waals surface area contributed by atoms with Crippen LogP contribution in [0.1, 0.15) is 32.6 Å². The number of carbonyl (C=O) groups is 1. The van der Waals surface area contributed by atoms with Crippen molar-refractivity contribution < 1.29 is 9.53 Å². The van der Waals surface area contributed by atoms with E-state index in [9.17, 15) is 4.79 Å². The summed E-state index contributed by atoms with van der Waals surface area (Å²) in [5.41, 5.74) is 0. The van der Waals surface area contributed by atoms with Gasteiger partial charge in [0.25, 0.3) is 0 Å². The molecular formula is C14H29IN4O2. The van der Waals surface area contributed by atoms with Gasteiger partial charge in [-0.15, -0.1) is 24.0 Å². The molecule has 1 fully saturated rings. The van der Waals surface area contributed by atoms with Crippen molar-refractivity contribution in [3.63, 3.8) is 0 Å². The van der Waals surface area contributed by atoms with Crippen LogP contribution in [-0.2, 0) is 9.53 Å². The number of rotatable bonds is 8. The highest BCUT2D eigenvalue weighted by molar-refractivity contribution is 14.0. The molecule has 1 aliphatic heterocycles. The number of hydrogen-bond acceptors (Lipinski definition) is 3. The van der Waals surface area contributed by atoms with Crippen LogP contribution in [-0.4, -0.2) is 63.2 Å². The molecule has 1 atom stereocenters. The first-order chi connectivity index (χ1) is 9.72. The summed E-state index contributed by atoms with van der Waals surface area (Å²) in [5, 5.41) is 6.45. The lowest BCUT2D eigenvalue weighted by atomic mass is 10.1. The number of nitrogens with zero attached hydrogens (tertiary/aromatic N) is 2. The second-order valence-electron chi connectivity index (χ2n) is 4.96. The summed E-state index contributed by atoms with van der Waals surface area (Å²) in [7, 11) is 3.43. The maximum Gasteiger partial charge on any atom is 0.222 e. The van der Waals surface area contributed by atoms with Crippen molar-refractivity contribution in [2.75, 3.05) is 40.4 Å². The van der Waals surface area contributed by atoms with E-state index < -0.39 is 0 Å². The third kappa shape index (κ3) is 7.30. The first kappa shape index (κ1) is 20.4. The molecule has 6 nitrogen and oxygen atoms in total. The molecule has 21 heavy (non-hydrogen) atoms. The number of likely N-dealkylation sites (tertiary alicyclic amines) is 1. The Balaban J connectivity index is 0.00000400. The summed E-state index contributed by atoms with van der Waals surface area (Å²) in [4.78, 5) is 17.9. The number of amides is 1. The molecule has 0 radical (unpaired) electrons. The molecule has 0 saturated carbocycles. The zero-order valence-electron chi connectivity index (χ0n) is 13.4. The van der Waals surface area contributed by atoms with Crippen LogP contribution in [0.3, 0.4) is 0 Å². The summed E-state index contributed by atoms with van der Waals surface area (Å²) in [6.07, 6.45) is 3.67. The van der Waals surface area contributed by atoms with Gasteiger partial charge in [-0.25, -0.2) is 0 Å². The van der Waals surface area contributed by atoms with Gasteiger partial charge in [0, 0.05) is 46.3 Å². The molecule has 0 aromatic rings. The minimum atomic E-state index is 0. The van der Waals surface area contributed by atoms with Gasteiger partial charge in [0.1, 0.15) is 0 Å². The Hall–Kier alpha value is -0.570. The minimum Gasteiger partial charge on any atom is -0.383 e. The molecule has 7 heteroatoms. The summed E-state index contributed by atoms with van der Waals surface area (Å²) in [6, 6.07) is 0.342. The lowest BCUT2D eigenvalue weighted by Gasteiger charge is -2.27. The Bertz CT molecular complexity index is 326. The molecule has 1 rings (SSSR count). The Labute approximate surface area is 145 Å². The molecule has 0 aliphatic carbocycles. The summed E-state index contributed by atoms with van der Waals surface area (Å²) in [5.74, 6) is 1.09. The third-order valence-corrected chi connectivity index (χ3v) is 3.61. The van der Waals surface area contributed by atoms with E-state index in [0.29, 0.717) is 25.0 Å². The van der Waals surface area contributed by atoms with Gasteiger partial charge in [0.05, 0.1) is 6.61 Å². The van der Waals surface area contributed by atoms with Gasteiger partial charge in [-0.05, 0) is 19.3 Å². The van der Waals surface area contributed by atoms with E-state index in [1.54, 1.807) is 14.2 Å². The van der Waals surface area contributed by atoms with Crippen molar-refractivity contribution in [2.24, 2.45) is 4.99 Å². The smallest absolute Gasteiger partial charge is 0.222 e. The fourth-order valence-electron chi connectivity index (χ4n) is 2.48. The Morgan fingerprint density at radius 3 is 2.67 bits per heavy atom. The number of ether oxygens (including phenoxy) is 1. The molecule has 1 heterocycles. The van der Waals surface area contributed by atoms with Gasteiger partial charge >= 0.3 is 0 Å². The minimum absolute atomic E-state index is 0. The molecule has 1 amide bonds. The molecule has 1 unspecified atom stereocenters. The second kappa shape index (κ2) is 12.0. The van der Waals surface area contributed by atoms with Gasteiger partial charge in [0.15, 0.2) is 5.96 Å². The summed E-state index contributed by atoms with van der Waals surface area (Å²) >= 11 is 0. The molecule has 0 aromatic carbocycles. The fraction of sp³-hybridized carbons (Fsp3) is 0.857. The number of carbonyl (C=O) groups excluding carboxylic acids is 1. The van der Waals surface area contributed by atoms with Crippen LogP contribution in [0, 0.1) is 0 Å². The predicted octanol–water partition coefficient (Wildman–Crippen LogP) is 1.21. The molecule has 0 bridgehead atoms. The maximum absolute atomic E-state index is 11.8. The van der Waals surface area contributed by atoms with Crippen LogP contribution in [0.4, 0.5) is 0 Å². The molecule has 1 saturated heterocycles. The molecule has 0 spiro atoms. The lowest BCUT2D eigenvalue weighted by Crippen LogP contribution is -2.42. The largest absolute Gasteiger partial charge is 0.383 e. The van der Waals surface area contributed by atoms with Crippen LogP contribution in [0.2, 0.25) is 0 Å². The highest BCUT2D eigenvalue weighted by atomic mass is 127. The normalized spacial score (nSPS) is 16.6. The van der Waals surface area contributed by atoms with E-state index >= 15 is 0 Å². The van der Waals surface area contributed by atoms with Gasteiger partial charge in [0.2, 0.25) is 5.91 Å². The Kier molecular flexibility index (Phi) is 11.7. The molecule has 124 valence electrons. The van der Waals surface area contributed by atoms with Gasteiger partial charge in [-0.3, -0.25) is 9.79 Å². The van der Waals surface area contributed by atoms with Gasteiger partial charge < -0.3 is 20.3 Å². The number of guanidine groups is 1. The number of aliphatic imine (C=N–C) groups is 1. The standard InChI is InChI=1S/C14H28N4O2.HI/c1-4-12(18-10-5-6-13(18)19)7-8-16-14(15-2)17-9-11-20-3;/h12H,4-11H2,1-3H3,(H2,15,16,17);1H. The topological polar surface area (TPSA) is 66.0 Å². The van der Waals surface area contributed by atoms with Crippen LogP contribution in [0.25, 0.3) is 0 Å². The molecule has 0 aromatic heterocycles. The van der Waals surface area contributed by atoms with E-state index in [1.165, 1.54) is 0 Å². The molecule has 1 aliphatic rings. The van der Waals surface area contributed by atoms with E-state index in [-0.39, 0.29) is 24.0 Å². The summed E-state index contributed by atoms with van der Waals surface area (Å²) in [6.45, 7) is 5.26. The number of hydrogen-bond donors (Lipinski definition) is 2. The highest BCUT2D eigenvalue weighted by Gasteiger charge is 2.26. The highest BCUT2D eigenvalue weighted by Crippen LogP contribution is 2.17. The second-order valence-corrected chi connectivity index (χ2v) is 4.96. The molecular weight excluding hydrogens is 383 g/mol. The van der Waals surface area contributed by atoms with Crippen molar-refractivity contribution >= 4 is 35.8 Å². The van der Waals surface area contributed by atoms with Crippen LogP contribution >= 0.6 is 24.0 Å². The van der Waals surface area contributed by atoms with E-state index in [1.807, 2.05) is 4.90 Å². The van der Waals surface area contributed by atoms with Crippen molar-refractivity contribution in [3.05, 3.63) is 0 Å². The lowest BCUT2D eigenvalue weighted by molar-refractivity contribution is -0.129. The number of methoxy groups -OCH3 is 1. The van der Waals surface area contributed by atoms with Crippen molar-refractivity contribution in [3.8, 4) is 0 Å². The first-order valence-electron chi connectivity index (χ1n) is 7.45. The van der Waals surface area contributed by atoms with E-state index in [2.05, 4.69) is 22.5 Å².